The summed E-state index contributed by atoms with van der Waals surface area (Å²) in [5.74, 6) is -2.65. The van der Waals surface area contributed by atoms with Crippen molar-refractivity contribution in [3.63, 3.8) is 0 Å². The highest BCUT2D eigenvalue weighted by Crippen LogP contribution is 2.35. The van der Waals surface area contributed by atoms with Gasteiger partial charge in [-0.2, -0.15) is 0 Å². The first kappa shape index (κ1) is 15.5. The number of alkyl halides is 2. The maximum Gasteiger partial charge on any atom is 0.408 e. The van der Waals surface area contributed by atoms with Crippen LogP contribution in [0.3, 0.4) is 0 Å². The van der Waals surface area contributed by atoms with Crippen LogP contribution in [-0.4, -0.2) is 25.2 Å². The number of carbonyl (C=O) groups excluding carboxylic acids is 1. The summed E-state index contributed by atoms with van der Waals surface area (Å²) < 4.78 is 36.9. The van der Waals surface area contributed by atoms with Gasteiger partial charge in [0.25, 0.3) is 0 Å². The van der Waals surface area contributed by atoms with E-state index in [-0.39, 0.29) is 12.4 Å². The van der Waals surface area contributed by atoms with Gasteiger partial charge in [0.1, 0.15) is 11.8 Å². The van der Waals surface area contributed by atoms with E-state index in [2.05, 4.69) is 10.1 Å². The molecule has 1 N–H and O–H groups in total. The van der Waals surface area contributed by atoms with Crippen LogP contribution in [0.25, 0.3) is 0 Å². The lowest BCUT2D eigenvalue weighted by Gasteiger charge is -2.31. The SMILES string of the molecule is CCOc1cccc([C@H]2NC(=O)OCC2(F)F)c1.Cl. The van der Waals surface area contributed by atoms with Gasteiger partial charge in [0, 0.05) is 0 Å². The zero-order valence-electron chi connectivity index (χ0n) is 10.2. The van der Waals surface area contributed by atoms with Crippen LogP contribution >= 0.6 is 12.4 Å². The highest BCUT2D eigenvalue weighted by atomic mass is 35.5. The number of hydrogen-bond donors (Lipinski definition) is 1. The number of ether oxygens (including phenoxy) is 2. The summed E-state index contributed by atoms with van der Waals surface area (Å²) in [5, 5.41) is 2.13. The molecule has 1 saturated heterocycles. The standard InChI is InChI=1S/C12H13F2NO3.ClH/c1-2-17-9-5-3-4-8(6-9)10-12(13,14)7-18-11(16)15-10;/h3-6,10H,2,7H2,1H3,(H,15,16);1H/t10-;/m1./s1. The van der Waals surface area contributed by atoms with Crippen molar-refractivity contribution in [1.29, 1.82) is 0 Å². The average molecular weight is 294 g/mol. The van der Waals surface area contributed by atoms with Crippen LogP contribution in [-0.2, 0) is 4.74 Å². The molecular formula is C12H14ClF2NO3. The third-order valence-corrected chi connectivity index (χ3v) is 2.58. The number of nitrogens with one attached hydrogen (secondary N) is 1. The second-order valence-corrected chi connectivity index (χ2v) is 3.92. The molecule has 0 bridgehead atoms. The Bertz CT molecular complexity index is 456. The quantitative estimate of drug-likeness (QED) is 0.932. The predicted octanol–water partition coefficient (Wildman–Crippen LogP) is 2.92. The monoisotopic (exact) mass is 293 g/mol. The van der Waals surface area contributed by atoms with Crippen molar-refractivity contribution in [1.82, 2.24) is 5.32 Å². The van der Waals surface area contributed by atoms with Crippen LogP contribution in [0, 0.1) is 0 Å². The number of halogens is 3. The summed E-state index contributed by atoms with van der Waals surface area (Å²) in [5.41, 5.74) is 0.294. The Kier molecular flexibility index (Phi) is 4.94. The minimum atomic E-state index is -3.14. The number of hydrogen-bond acceptors (Lipinski definition) is 3. The van der Waals surface area contributed by atoms with Gasteiger partial charge in [0.15, 0.2) is 6.61 Å². The van der Waals surface area contributed by atoms with E-state index in [0.29, 0.717) is 17.9 Å². The number of benzene rings is 1. The molecule has 4 nitrogen and oxygen atoms in total. The first-order valence-corrected chi connectivity index (χ1v) is 5.57. The lowest BCUT2D eigenvalue weighted by atomic mass is 10.00. The molecule has 0 spiro atoms. The number of amides is 1. The zero-order valence-corrected chi connectivity index (χ0v) is 11.0. The Labute approximate surface area is 115 Å². The molecule has 1 aliphatic heterocycles. The molecule has 0 unspecified atom stereocenters. The topological polar surface area (TPSA) is 47.6 Å². The van der Waals surface area contributed by atoms with Gasteiger partial charge in [-0.25, -0.2) is 13.6 Å². The molecule has 2 rings (SSSR count). The summed E-state index contributed by atoms with van der Waals surface area (Å²) in [6.07, 6.45) is -0.840. The van der Waals surface area contributed by atoms with E-state index in [1.54, 1.807) is 19.1 Å². The van der Waals surface area contributed by atoms with Gasteiger partial charge in [-0.15, -0.1) is 12.4 Å². The van der Waals surface area contributed by atoms with E-state index in [4.69, 9.17) is 4.74 Å². The van der Waals surface area contributed by atoms with Crippen molar-refractivity contribution in [2.24, 2.45) is 0 Å². The normalized spacial score (nSPS) is 20.8. The van der Waals surface area contributed by atoms with E-state index in [9.17, 15) is 13.6 Å². The molecule has 1 fully saturated rings. The van der Waals surface area contributed by atoms with Gasteiger partial charge in [-0.05, 0) is 24.6 Å². The van der Waals surface area contributed by atoms with Crippen LogP contribution in [0.1, 0.15) is 18.5 Å². The van der Waals surface area contributed by atoms with Crippen molar-refractivity contribution < 1.29 is 23.0 Å². The first-order valence-electron chi connectivity index (χ1n) is 5.57. The van der Waals surface area contributed by atoms with Crippen LogP contribution in [0.4, 0.5) is 13.6 Å². The fourth-order valence-electron chi connectivity index (χ4n) is 1.79. The number of alkyl carbamates (subject to hydrolysis) is 1. The summed E-state index contributed by atoms with van der Waals surface area (Å²) in [4.78, 5) is 11.0. The van der Waals surface area contributed by atoms with Crippen LogP contribution in [0.15, 0.2) is 24.3 Å². The molecule has 1 aliphatic rings. The molecule has 0 aromatic heterocycles. The van der Waals surface area contributed by atoms with Crippen molar-refractivity contribution in [2.45, 2.75) is 18.9 Å². The molecule has 1 heterocycles. The molecule has 106 valence electrons. The van der Waals surface area contributed by atoms with Gasteiger partial charge in [-0.3, -0.25) is 0 Å². The Hall–Kier alpha value is -1.56. The predicted molar refractivity (Wildman–Crippen MR) is 67.0 cm³/mol. The lowest BCUT2D eigenvalue weighted by molar-refractivity contribution is -0.104. The minimum absolute atomic E-state index is 0. The third kappa shape index (κ3) is 3.47. The highest BCUT2D eigenvalue weighted by Gasteiger charge is 2.46. The zero-order chi connectivity index (χ0) is 13.2. The number of carbonyl (C=O) groups is 1. The minimum Gasteiger partial charge on any atom is -0.494 e. The van der Waals surface area contributed by atoms with Crippen LogP contribution in [0.5, 0.6) is 5.75 Å². The Balaban J connectivity index is 0.00000180. The van der Waals surface area contributed by atoms with Gasteiger partial charge in [-0.1, -0.05) is 12.1 Å². The largest absolute Gasteiger partial charge is 0.494 e. The summed E-state index contributed by atoms with van der Waals surface area (Å²) in [6.45, 7) is 1.33. The van der Waals surface area contributed by atoms with Gasteiger partial charge < -0.3 is 14.8 Å². The second-order valence-electron chi connectivity index (χ2n) is 3.92. The van der Waals surface area contributed by atoms with Crippen molar-refractivity contribution >= 4 is 18.5 Å². The Morgan fingerprint density at radius 1 is 1.53 bits per heavy atom. The molecule has 1 amide bonds. The van der Waals surface area contributed by atoms with Crippen LogP contribution in [0.2, 0.25) is 0 Å². The summed E-state index contributed by atoms with van der Waals surface area (Å²) in [6, 6.07) is 4.91. The lowest BCUT2D eigenvalue weighted by Crippen LogP contribution is -2.49. The summed E-state index contributed by atoms with van der Waals surface area (Å²) in [7, 11) is 0. The van der Waals surface area contributed by atoms with E-state index < -0.39 is 24.7 Å². The van der Waals surface area contributed by atoms with Gasteiger partial charge in [0.05, 0.1) is 6.61 Å². The smallest absolute Gasteiger partial charge is 0.408 e. The fourth-order valence-corrected chi connectivity index (χ4v) is 1.79. The maximum absolute atomic E-state index is 13.7. The van der Waals surface area contributed by atoms with E-state index in [0.717, 1.165) is 0 Å². The van der Waals surface area contributed by atoms with Crippen molar-refractivity contribution in [2.75, 3.05) is 13.2 Å². The van der Waals surface area contributed by atoms with Crippen LogP contribution < -0.4 is 10.1 Å². The van der Waals surface area contributed by atoms with E-state index in [1.165, 1.54) is 12.1 Å². The van der Waals surface area contributed by atoms with E-state index >= 15 is 0 Å². The van der Waals surface area contributed by atoms with Crippen molar-refractivity contribution in [3.05, 3.63) is 29.8 Å². The molecule has 19 heavy (non-hydrogen) atoms. The molecule has 7 heteroatoms. The first-order chi connectivity index (χ1) is 8.53. The number of rotatable bonds is 3. The molecule has 0 saturated carbocycles. The van der Waals surface area contributed by atoms with Gasteiger partial charge >= 0.3 is 12.0 Å². The average Bonchev–Trinajstić information content (AvgIpc) is 2.33. The van der Waals surface area contributed by atoms with Crippen molar-refractivity contribution in [3.8, 4) is 5.75 Å². The second kappa shape index (κ2) is 6.06. The highest BCUT2D eigenvalue weighted by molar-refractivity contribution is 5.85. The number of cyclic esters (lactones) is 1. The molecule has 1 aromatic carbocycles. The molecule has 1 atom stereocenters. The fraction of sp³-hybridized carbons (Fsp3) is 0.417. The van der Waals surface area contributed by atoms with Gasteiger partial charge in [0.2, 0.25) is 0 Å². The molecule has 0 radical (unpaired) electrons. The Morgan fingerprint density at radius 3 is 2.95 bits per heavy atom. The maximum atomic E-state index is 13.7. The third-order valence-electron chi connectivity index (χ3n) is 2.58. The molecular weight excluding hydrogens is 280 g/mol. The summed E-state index contributed by atoms with van der Waals surface area (Å²) >= 11 is 0. The molecule has 0 aliphatic carbocycles. The Morgan fingerprint density at radius 2 is 2.26 bits per heavy atom. The van der Waals surface area contributed by atoms with E-state index in [1.807, 2.05) is 0 Å². The molecule has 1 aromatic rings.